The minimum Gasteiger partial charge on any atom is -0.365 e. The largest absolute Gasteiger partial charge is 0.365 e. The molecule has 2 aromatic heterocycles. The molecule has 0 aromatic carbocycles. The van der Waals surface area contributed by atoms with Gasteiger partial charge in [-0.2, -0.15) is 0 Å². The number of fused-ring (bicyclic) bond motifs is 1. The van der Waals surface area contributed by atoms with Crippen LogP contribution in [0.15, 0.2) is 29.4 Å². The maximum absolute atomic E-state index is 12.2. The molecule has 2 heterocycles. The van der Waals surface area contributed by atoms with Crippen LogP contribution in [0.2, 0.25) is 0 Å². The normalized spacial score (nSPS) is 16.5. The zero-order valence-corrected chi connectivity index (χ0v) is 15.0. The van der Waals surface area contributed by atoms with Crippen molar-refractivity contribution in [2.75, 3.05) is 11.1 Å². The van der Waals surface area contributed by atoms with Gasteiger partial charge in [0.15, 0.2) is 0 Å². The molecule has 0 aliphatic heterocycles. The molecule has 0 saturated carbocycles. The second-order valence-electron chi connectivity index (χ2n) is 5.92. The number of thioether (sulfide) groups is 1. The van der Waals surface area contributed by atoms with Crippen LogP contribution in [0.5, 0.6) is 0 Å². The van der Waals surface area contributed by atoms with E-state index in [1.807, 2.05) is 18.2 Å². The molecule has 3 N–H and O–H groups in total. The van der Waals surface area contributed by atoms with Crippen LogP contribution in [-0.2, 0) is 17.6 Å². The molecule has 126 valence electrons. The Morgan fingerprint density at radius 2 is 2.29 bits per heavy atom. The standard InChI is InChI=1S/C17H19N3O2S2/c1-10-5-6-11-12(8-10)24-17(15(11)16(18)22)20-13(21)9-23-14-4-2-3-7-19-14/h2-4,7,10H,5-6,8-9H2,1H3,(H2,18,22)(H,20,21)/t10-/m0/s1. The summed E-state index contributed by atoms with van der Waals surface area (Å²) in [4.78, 5) is 29.4. The number of primary amides is 1. The molecule has 3 rings (SSSR count). The van der Waals surface area contributed by atoms with Gasteiger partial charge in [0.2, 0.25) is 5.91 Å². The highest BCUT2D eigenvalue weighted by molar-refractivity contribution is 7.99. The fourth-order valence-electron chi connectivity index (χ4n) is 2.83. The summed E-state index contributed by atoms with van der Waals surface area (Å²) in [5, 5.41) is 4.25. The Bertz CT molecular complexity index is 759. The van der Waals surface area contributed by atoms with Gasteiger partial charge in [-0.1, -0.05) is 24.8 Å². The van der Waals surface area contributed by atoms with Crippen molar-refractivity contribution in [2.45, 2.75) is 31.2 Å². The molecular weight excluding hydrogens is 342 g/mol. The van der Waals surface area contributed by atoms with Gasteiger partial charge in [-0.05, 0) is 42.9 Å². The second-order valence-corrected chi connectivity index (χ2v) is 8.03. The molecule has 0 saturated heterocycles. The minimum atomic E-state index is -0.463. The van der Waals surface area contributed by atoms with Crippen LogP contribution in [0.1, 0.15) is 34.1 Å². The van der Waals surface area contributed by atoms with Gasteiger partial charge in [0.25, 0.3) is 5.91 Å². The third kappa shape index (κ3) is 3.79. The number of hydrogen-bond acceptors (Lipinski definition) is 5. The van der Waals surface area contributed by atoms with Crippen molar-refractivity contribution in [3.8, 4) is 0 Å². The lowest BCUT2D eigenvalue weighted by molar-refractivity contribution is -0.113. The van der Waals surface area contributed by atoms with Crippen LogP contribution in [0.3, 0.4) is 0 Å². The van der Waals surface area contributed by atoms with Crippen LogP contribution >= 0.6 is 23.1 Å². The number of nitrogens with two attached hydrogens (primary N) is 1. The van der Waals surface area contributed by atoms with E-state index in [1.54, 1.807) is 6.20 Å². The topological polar surface area (TPSA) is 85.1 Å². The van der Waals surface area contributed by atoms with E-state index in [2.05, 4.69) is 17.2 Å². The van der Waals surface area contributed by atoms with Crippen LogP contribution in [0, 0.1) is 5.92 Å². The molecule has 1 atom stereocenters. The molecule has 24 heavy (non-hydrogen) atoms. The van der Waals surface area contributed by atoms with Crippen molar-refractivity contribution in [3.63, 3.8) is 0 Å². The third-order valence-corrected chi connectivity index (χ3v) is 6.11. The van der Waals surface area contributed by atoms with Gasteiger partial charge in [-0.3, -0.25) is 9.59 Å². The second kappa shape index (κ2) is 7.36. The highest BCUT2D eigenvalue weighted by Crippen LogP contribution is 2.39. The van der Waals surface area contributed by atoms with E-state index in [-0.39, 0.29) is 11.7 Å². The first-order valence-corrected chi connectivity index (χ1v) is 9.63. The number of pyridine rings is 1. The van der Waals surface area contributed by atoms with Crippen LogP contribution < -0.4 is 11.1 Å². The first-order chi connectivity index (χ1) is 11.5. The molecule has 0 bridgehead atoms. The number of rotatable bonds is 5. The number of amides is 2. The maximum Gasteiger partial charge on any atom is 0.251 e. The number of carbonyl (C=O) groups is 2. The Hall–Kier alpha value is -1.86. The van der Waals surface area contributed by atoms with Crippen LogP contribution in [0.25, 0.3) is 0 Å². The highest BCUT2D eigenvalue weighted by Gasteiger charge is 2.27. The summed E-state index contributed by atoms with van der Waals surface area (Å²) in [6.07, 6.45) is 4.54. The van der Waals surface area contributed by atoms with E-state index < -0.39 is 5.91 Å². The summed E-state index contributed by atoms with van der Waals surface area (Å²) in [6.45, 7) is 2.20. The molecular formula is C17H19N3O2S2. The summed E-state index contributed by atoms with van der Waals surface area (Å²) < 4.78 is 0. The number of hydrogen-bond donors (Lipinski definition) is 2. The summed E-state index contributed by atoms with van der Waals surface area (Å²) in [5.74, 6) is 0.225. The van der Waals surface area contributed by atoms with Gasteiger partial charge in [-0.25, -0.2) is 4.98 Å². The average molecular weight is 361 g/mol. The van der Waals surface area contributed by atoms with Crippen molar-refractivity contribution in [2.24, 2.45) is 11.7 Å². The van der Waals surface area contributed by atoms with E-state index in [4.69, 9.17) is 5.73 Å². The van der Waals surface area contributed by atoms with Crippen molar-refractivity contribution >= 4 is 39.9 Å². The molecule has 1 aliphatic rings. The monoisotopic (exact) mass is 361 g/mol. The Kier molecular flexibility index (Phi) is 5.20. The zero-order valence-electron chi connectivity index (χ0n) is 13.4. The van der Waals surface area contributed by atoms with E-state index in [1.165, 1.54) is 28.0 Å². The molecule has 7 heteroatoms. The lowest BCUT2D eigenvalue weighted by Crippen LogP contribution is -2.20. The van der Waals surface area contributed by atoms with Gasteiger partial charge in [-0.15, -0.1) is 11.3 Å². The lowest BCUT2D eigenvalue weighted by Gasteiger charge is -2.18. The summed E-state index contributed by atoms with van der Waals surface area (Å²) in [7, 11) is 0. The maximum atomic E-state index is 12.2. The van der Waals surface area contributed by atoms with Gasteiger partial charge in [0.1, 0.15) is 5.00 Å². The molecule has 2 amide bonds. The predicted molar refractivity (Wildman–Crippen MR) is 97.6 cm³/mol. The van der Waals surface area contributed by atoms with E-state index >= 15 is 0 Å². The number of nitrogens with zero attached hydrogens (tertiary/aromatic N) is 1. The summed E-state index contributed by atoms with van der Waals surface area (Å²) in [5.41, 5.74) is 7.08. The Morgan fingerprint density at radius 3 is 3.00 bits per heavy atom. The number of carbonyl (C=O) groups excluding carboxylic acids is 2. The number of anilines is 1. The fourth-order valence-corrected chi connectivity index (χ4v) is 4.93. The van der Waals surface area contributed by atoms with Gasteiger partial charge >= 0.3 is 0 Å². The number of aromatic nitrogens is 1. The van der Waals surface area contributed by atoms with E-state index in [0.29, 0.717) is 16.5 Å². The summed E-state index contributed by atoms with van der Waals surface area (Å²) in [6, 6.07) is 5.57. The quantitative estimate of drug-likeness (QED) is 0.802. The fraction of sp³-hybridized carbons (Fsp3) is 0.353. The molecule has 0 radical (unpaired) electrons. The van der Waals surface area contributed by atoms with Gasteiger partial charge in [0.05, 0.1) is 16.3 Å². The minimum absolute atomic E-state index is 0.153. The Labute approximate surface area is 149 Å². The Balaban J connectivity index is 1.72. The van der Waals surface area contributed by atoms with Gasteiger partial charge < -0.3 is 11.1 Å². The van der Waals surface area contributed by atoms with E-state index in [0.717, 1.165) is 29.9 Å². The van der Waals surface area contributed by atoms with Crippen LogP contribution in [-0.4, -0.2) is 22.6 Å². The van der Waals surface area contributed by atoms with Crippen molar-refractivity contribution in [1.29, 1.82) is 0 Å². The Morgan fingerprint density at radius 1 is 1.46 bits per heavy atom. The lowest BCUT2D eigenvalue weighted by atomic mass is 9.88. The highest BCUT2D eigenvalue weighted by atomic mass is 32.2. The average Bonchev–Trinajstić information content (AvgIpc) is 2.90. The van der Waals surface area contributed by atoms with Gasteiger partial charge in [0, 0.05) is 11.1 Å². The first-order valence-electron chi connectivity index (χ1n) is 7.82. The van der Waals surface area contributed by atoms with Crippen molar-refractivity contribution in [1.82, 2.24) is 4.98 Å². The molecule has 0 spiro atoms. The molecule has 0 fully saturated rings. The first kappa shape index (κ1) is 17.0. The van der Waals surface area contributed by atoms with Crippen molar-refractivity contribution < 1.29 is 9.59 Å². The number of thiophene rings is 1. The molecule has 1 aliphatic carbocycles. The number of nitrogens with one attached hydrogen (secondary N) is 1. The molecule has 0 unspecified atom stereocenters. The zero-order chi connectivity index (χ0) is 17.1. The molecule has 2 aromatic rings. The van der Waals surface area contributed by atoms with E-state index in [9.17, 15) is 9.59 Å². The predicted octanol–water partition coefficient (Wildman–Crippen LogP) is 3.10. The SMILES string of the molecule is C[C@H]1CCc2c(sc(NC(=O)CSc3ccccn3)c2C(N)=O)C1. The summed E-state index contributed by atoms with van der Waals surface area (Å²) >= 11 is 2.85. The van der Waals surface area contributed by atoms with Crippen LogP contribution in [0.4, 0.5) is 5.00 Å². The molecule has 5 nitrogen and oxygen atoms in total. The van der Waals surface area contributed by atoms with Crippen molar-refractivity contribution in [3.05, 3.63) is 40.4 Å². The third-order valence-electron chi connectivity index (χ3n) is 4.00. The smallest absolute Gasteiger partial charge is 0.251 e.